The Morgan fingerprint density at radius 1 is 1.33 bits per heavy atom. The van der Waals surface area contributed by atoms with Gasteiger partial charge in [0.05, 0.1) is 0 Å². The Labute approximate surface area is 124 Å². The quantitative estimate of drug-likeness (QED) is 0.644. The van der Waals surface area contributed by atoms with Gasteiger partial charge in [-0.05, 0) is 47.1 Å². The fourth-order valence-electron chi connectivity index (χ4n) is 2.55. The van der Waals surface area contributed by atoms with Crippen molar-refractivity contribution < 1.29 is 0 Å². The van der Waals surface area contributed by atoms with E-state index in [-0.39, 0.29) is 0 Å². The lowest BCUT2D eigenvalue weighted by atomic mass is 9.99. The zero-order chi connectivity index (χ0) is 12.8. The van der Waals surface area contributed by atoms with Gasteiger partial charge in [0.15, 0.2) is 0 Å². The number of piperazine rings is 1. The summed E-state index contributed by atoms with van der Waals surface area (Å²) in [7, 11) is 0. The molecule has 0 radical (unpaired) electrons. The highest BCUT2D eigenvalue weighted by molar-refractivity contribution is 14.1. The lowest BCUT2D eigenvalue weighted by molar-refractivity contribution is 0.165. The highest BCUT2D eigenvalue weighted by Gasteiger charge is 2.22. The van der Waals surface area contributed by atoms with E-state index in [9.17, 15) is 0 Å². The molecular weight excluding hydrogens is 335 g/mol. The van der Waals surface area contributed by atoms with Gasteiger partial charge in [-0.15, -0.1) is 6.58 Å². The summed E-state index contributed by atoms with van der Waals surface area (Å²) >= 11 is 2.46. The molecule has 0 amide bonds. The summed E-state index contributed by atoms with van der Waals surface area (Å²) in [6, 6.07) is 9.29. The zero-order valence-corrected chi connectivity index (χ0v) is 12.9. The van der Waals surface area contributed by atoms with E-state index in [0.717, 1.165) is 32.6 Å². The van der Waals surface area contributed by atoms with Crippen LogP contribution in [-0.4, -0.2) is 31.1 Å². The maximum atomic E-state index is 3.86. The van der Waals surface area contributed by atoms with Gasteiger partial charge in [0.1, 0.15) is 0 Å². The molecule has 0 saturated carbocycles. The van der Waals surface area contributed by atoms with Crippen LogP contribution in [0.15, 0.2) is 36.9 Å². The van der Waals surface area contributed by atoms with Gasteiger partial charge in [0.2, 0.25) is 0 Å². The molecule has 2 nitrogen and oxygen atoms in total. The largest absolute Gasteiger partial charge is 0.314 e. The topological polar surface area (TPSA) is 15.3 Å². The Morgan fingerprint density at radius 2 is 2.06 bits per heavy atom. The zero-order valence-electron chi connectivity index (χ0n) is 10.7. The van der Waals surface area contributed by atoms with Crippen LogP contribution in [0.4, 0.5) is 0 Å². The summed E-state index contributed by atoms with van der Waals surface area (Å²) in [5.41, 5.74) is 1.47. The molecule has 1 aromatic carbocycles. The predicted octanol–water partition coefficient (Wildman–Crippen LogP) is 3.20. The molecule has 1 fully saturated rings. The van der Waals surface area contributed by atoms with Crippen LogP contribution in [0.5, 0.6) is 0 Å². The van der Waals surface area contributed by atoms with E-state index in [1.807, 2.05) is 6.08 Å². The van der Waals surface area contributed by atoms with E-state index in [0.29, 0.717) is 6.04 Å². The molecule has 0 bridgehead atoms. The Hall–Kier alpha value is -0.390. The van der Waals surface area contributed by atoms with Crippen LogP contribution in [0.25, 0.3) is 0 Å². The van der Waals surface area contributed by atoms with Gasteiger partial charge >= 0.3 is 0 Å². The van der Waals surface area contributed by atoms with E-state index in [2.05, 4.69) is 63.7 Å². The van der Waals surface area contributed by atoms with E-state index in [4.69, 9.17) is 0 Å². The lowest BCUT2D eigenvalue weighted by Gasteiger charge is -2.35. The minimum atomic E-state index is 0.540. The lowest BCUT2D eigenvalue weighted by Crippen LogP contribution is -2.45. The van der Waals surface area contributed by atoms with Crippen LogP contribution >= 0.6 is 22.6 Å². The number of hydrogen-bond acceptors (Lipinski definition) is 2. The number of benzene rings is 1. The van der Waals surface area contributed by atoms with Crippen LogP contribution < -0.4 is 5.32 Å². The maximum absolute atomic E-state index is 3.86. The standard InChI is InChI=1S/C15H21IN2/c1-2-3-8-15(18-11-9-17-10-12-18)13-6-4-5-7-14(13)16/h2,4-7,15,17H,1,3,8-12H2/t15-/m1/s1. The van der Waals surface area contributed by atoms with Gasteiger partial charge in [-0.25, -0.2) is 0 Å². The predicted molar refractivity (Wildman–Crippen MR) is 85.8 cm³/mol. The van der Waals surface area contributed by atoms with Crippen LogP contribution in [0.1, 0.15) is 24.4 Å². The first-order chi connectivity index (χ1) is 8.83. The average molecular weight is 356 g/mol. The van der Waals surface area contributed by atoms with E-state index in [1.54, 1.807) is 0 Å². The molecule has 1 aromatic rings. The van der Waals surface area contributed by atoms with Crippen molar-refractivity contribution in [3.8, 4) is 0 Å². The SMILES string of the molecule is C=CCC[C@H](c1ccccc1I)N1CCNCC1. The van der Waals surface area contributed by atoms with Crippen molar-refractivity contribution in [2.24, 2.45) is 0 Å². The smallest absolute Gasteiger partial charge is 0.0362 e. The molecule has 0 aromatic heterocycles. The van der Waals surface area contributed by atoms with Gasteiger partial charge in [-0.3, -0.25) is 4.90 Å². The normalized spacial score (nSPS) is 18.5. The molecule has 18 heavy (non-hydrogen) atoms. The monoisotopic (exact) mass is 356 g/mol. The van der Waals surface area contributed by atoms with Gasteiger partial charge < -0.3 is 5.32 Å². The second-order valence-electron chi connectivity index (χ2n) is 4.69. The van der Waals surface area contributed by atoms with Crippen molar-refractivity contribution in [1.29, 1.82) is 0 Å². The number of hydrogen-bond donors (Lipinski definition) is 1. The average Bonchev–Trinajstić information content (AvgIpc) is 2.42. The first kappa shape index (κ1) is 14.0. The van der Waals surface area contributed by atoms with Gasteiger partial charge in [-0.1, -0.05) is 24.3 Å². The van der Waals surface area contributed by atoms with E-state index in [1.165, 1.54) is 15.6 Å². The molecule has 0 aliphatic carbocycles. The third-order valence-electron chi connectivity index (χ3n) is 3.50. The number of nitrogens with zero attached hydrogens (tertiary/aromatic N) is 1. The van der Waals surface area contributed by atoms with Crippen molar-refractivity contribution in [2.75, 3.05) is 26.2 Å². The first-order valence-corrected chi connectivity index (χ1v) is 7.71. The van der Waals surface area contributed by atoms with Crippen molar-refractivity contribution in [1.82, 2.24) is 10.2 Å². The number of halogens is 1. The number of nitrogens with one attached hydrogen (secondary N) is 1. The second kappa shape index (κ2) is 7.26. The molecule has 0 spiro atoms. The number of allylic oxidation sites excluding steroid dienone is 1. The maximum Gasteiger partial charge on any atom is 0.0362 e. The molecule has 1 aliphatic heterocycles. The summed E-state index contributed by atoms with van der Waals surface area (Å²) in [6.07, 6.45) is 4.29. The van der Waals surface area contributed by atoms with Gasteiger partial charge in [0, 0.05) is 35.8 Å². The van der Waals surface area contributed by atoms with Crippen molar-refractivity contribution in [2.45, 2.75) is 18.9 Å². The second-order valence-corrected chi connectivity index (χ2v) is 5.85. The van der Waals surface area contributed by atoms with E-state index < -0.39 is 0 Å². The van der Waals surface area contributed by atoms with Crippen LogP contribution in [0, 0.1) is 3.57 Å². The summed E-state index contributed by atoms with van der Waals surface area (Å²) in [5, 5.41) is 3.43. The molecule has 3 heteroatoms. The van der Waals surface area contributed by atoms with Crippen molar-refractivity contribution in [3.63, 3.8) is 0 Å². The Morgan fingerprint density at radius 3 is 2.72 bits per heavy atom. The van der Waals surface area contributed by atoms with Gasteiger partial charge in [0.25, 0.3) is 0 Å². The minimum absolute atomic E-state index is 0.540. The van der Waals surface area contributed by atoms with E-state index >= 15 is 0 Å². The molecular formula is C15H21IN2. The summed E-state index contributed by atoms with van der Waals surface area (Å²) in [4.78, 5) is 2.61. The summed E-state index contributed by atoms with van der Waals surface area (Å²) in [6.45, 7) is 8.36. The molecule has 0 unspecified atom stereocenters. The van der Waals surface area contributed by atoms with Crippen molar-refractivity contribution >= 4 is 22.6 Å². The highest BCUT2D eigenvalue weighted by atomic mass is 127. The Kier molecular flexibility index (Phi) is 5.66. The van der Waals surface area contributed by atoms with Crippen LogP contribution in [0.3, 0.4) is 0 Å². The van der Waals surface area contributed by atoms with Crippen LogP contribution in [0.2, 0.25) is 0 Å². The Bertz CT molecular complexity index is 386. The molecule has 1 saturated heterocycles. The Balaban J connectivity index is 2.18. The van der Waals surface area contributed by atoms with Crippen LogP contribution in [-0.2, 0) is 0 Å². The molecule has 98 valence electrons. The van der Waals surface area contributed by atoms with Crippen molar-refractivity contribution in [3.05, 3.63) is 46.1 Å². The molecule has 1 aliphatic rings. The third-order valence-corrected chi connectivity index (χ3v) is 4.48. The third kappa shape index (κ3) is 3.56. The number of rotatable bonds is 5. The summed E-state index contributed by atoms with van der Waals surface area (Å²) < 4.78 is 1.38. The minimum Gasteiger partial charge on any atom is -0.314 e. The first-order valence-electron chi connectivity index (χ1n) is 6.63. The molecule has 1 atom stereocenters. The van der Waals surface area contributed by atoms with Gasteiger partial charge in [-0.2, -0.15) is 0 Å². The molecule has 1 N–H and O–H groups in total. The fraction of sp³-hybridized carbons (Fsp3) is 0.467. The molecule has 1 heterocycles. The molecule has 2 rings (SSSR count). The fourth-order valence-corrected chi connectivity index (χ4v) is 3.30. The highest BCUT2D eigenvalue weighted by Crippen LogP contribution is 2.29. The summed E-state index contributed by atoms with van der Waals surface area (Å²) in [5.74, 6) is 0.